The minimum atomic E-state index is -0.395. The number of hydrogen-bond acceptors (Lipinski definition) is 5. The molecule has 0 radical (unpaired) electrons. The van der Waals surface area contributed by atoms with Crippen molar-refractivity contribution in [1.82, 2.24) is 13.7 Å². The number of aryl methyl sites for hydroxylation is 1. The number of amides is 2. The van der Waals surface area contributed by atoms with Crippen LogP contribution < -0.4 is 21.9 Å². The minimum absolute atomic E-state index is 0.107. The molecule has 10 nitrogen and oxygen atoms in total. The molecule has 0 aliphatic carbocycles. The fraction of sp³-hybridized carbons (Fsp3) is 0.375. The highest BCUT2D eigenvalue weighted by Gasteiger charge is 2.16. The smallest absolute Gasteiger partial charge is 0.326 e. The largest absolute Gasteiger partial charge is 0.331 e. The van der Waals surface area contributed by atoms with Gasteiger partial charge in [0.15, 0.2) is 0 Å². The van der Waals surface area contributed by atoms with Crippen LogP contribution in [0.25, 0.3) is 10.9 Å². The fourth-order valence-electron chi connectivity index (χ4n) is 3.95. The Bertz CT molecular complexity index is 1410. The zero-order valence-electron chi connectivity index (χ0n) is 19.7. The monoisotopic (exact) mass is 464 g/mol. The highest BCUT2D eigenvalue weighted by Crippen LogP contribution is 2.18. The van der Waals surface area contributed by atoms with Crippen LogP contribution >= 0.6 is 0 Å². The Morgan fingerprint density at radius 3 is 2.24 bits per heavy atom. The predicted octanol–water partition coefficient (Wildman–Crippen LogP) is 2.41. The normalized spacial score (nSPS) is 11.7. The first-order chi connectivity index (χ1) is 16.2. The molecule has 0 aliphatic heterocycles. The molecule has 2 aromatic heterocycles. The number of benzene rings is 1. The average Bonchev–Trinajstić information content (AvgIpc) is 3.13. The van der Waals surface area contributed by atoms with Crippen LogP contribution in [0, 0.1) is 17.2 Å². The summed E-state index contributed by atoms with van der Waals surface area (Å²) in [6, 6.07) is 10.2. The maximum atomic E-state index is 12.8. The summed E-state index contributed by atoms with van der Waals surface area (Å²) in [6.07, 6.45) is 0.234. The Balaban J connectivity index is 1.68. The number of rotatable bonds is 8. The van der Waals surface area contributed by atoms with E-state index in [9.17, 15) is 19.2 Å². The Morgan fingerprint density at radius 2 is 1.65 bits per heavy atom. The van der Waals surface area contributed by atoms with Crippen molar-refractivity contribution < 1.29 is 9.59 Å². The summed E-state index contributed by atoms with van der Waals surface area (Å²) in [6.45, 7) is 6.04. The van der Waals surface area contributed by atoms with Gasteiger partial charge in [0.25, 0.3) is 5.56 Å². The summed E-state index contributed by atoms with van der Waals surface area (Å²) in [5, 5.41) is 14.9. The lowest BCUT2D eigenvalue weighted by Gasteiger charge is -2.14. The van der Waals surface area contributed by atoms with Gasteiger partial charge in [0.05, 0.1) is 10.9 Å². The van der Waals surface area contributed by atoms with Crippen molar-refractivity contribution in [3.63, 3.8) is 0 Å². The molecule has 2 amide bonds. The number of carbonyl (C=O) groups excluding carboxylic acids is 2. The van der Waals surface area contributed by atoms with Crippen LogP contribution in [-0.2, 0) is 29.7 Å². The molecule has 0 fully saturated rings. The SMILES string of the molecule is CCn1c(=O)c2cc(NC(=O)CC(C)CC(=O)Nc3ccc(C#N)n3C)ccc2n(CC)c1=O. The van der Waals surface area contributed by atoms with Gasteiger partial charge in [0.2, 0.25) is 11.8 Å². The van der Waals surface area contributed by atoms with Gasteiger partial charge in [0, 0.05) is 38.7 Å². The number of nitrogens with zero attached hydrogens (tertiary/aromatic N) is 4. The summed E-state index contributed by atoms with van der Waals surface area (Å²) >= 11 is 0. The topological polar surface area (TPSA) is 131 Å². The summed E-state index contributed by atoms with van der Waals surface area (Å²) in [4.78, 5) is 50.1. The molecule has 2 N–H and O–H groups in total. The maximum Gasteiger partial charge on any atom is 0.331 e. The number of nitriles is 1. The van der Waals surface area contributed by atoms with E-state index in [1.807, 2.05) is 13.0 Å². The molecule has 3 aromatic rings. The molecule has 0 saturated carbocycles. The number of hydrogen-bond donors (Lipinski definition) is 2. The van der Waals surface area contributed by atoms with Crippen molar-refractivity contribution >= 4 is 34.2 Å². The molecule has 0 aliphatic rings. The molecule has 3 rings (SSSR count). The van der Waals surface area contributed by atoms with Gasteiger partial charge in [0.1, 0.15) is 17.6 Å². The van der Waals surface area contributed by atoms with E-state index in [0.717, 1.165) is 0 Å². The van der Waals surface area contributed by atoms with E-state index in [4.69, 9.17) is 5.26 Å². The first-order valence-corrected chi connectivity index (χ1v) is 11.1. The zero-order chi connectivity index (χ0) is 25.0. The molecule has 1 aromatic carbocycles. The van der Waals surface area contributed by atoms with Gasteiger partial charge in [-0.15, -0.1) is 0 Å². The molecular formula is C24H28N6O4. The van der Waals surface area contributed by atoms with E-state index >= 15 is 0 Å². The van der Waals surface area contributed by atoms with E-state index in [2.05, 4.69) is 10.6 Å². The Labute approximate surface area is 196 Å². The highest BCUT2D eigenvalue weighted by molar-refractivity contribution is 5.94. The van der Waals surface area contributed by atoms with Crippen LogP contribution in [0.1, 0.15) is 39.3 Å². The van der Waals surface area contributed by atoms with E-state index in [0.29, 0.717) is 34.6 Å². The molecule has 0 saturated heterocycles. The van der Waals surface area contributed by atoms with E-state index in [-0.39, 0.29) is 42.8 Å². The second kappa shape index (κ2) is 10.2. The maximum absolute atomic E-state index is 12.8. The van der Waals surface area contributed by atoms with Gasteiger partial charge >= 0.3 is 5.69 Å². The summed E-state index contributed by atoms with van der Waals surface area (Å²) < 4.78 is 4.28. The second-order valence-electron chi connectivity index (χ2n) is 8.19. The summed E-state index contributed by atoms with van der Waals surface area (Å²) in [5.41, 5.74) is 0.646. The highest BCUT2D eigenvalue weighted by atomic mass is 16.2. The first-order valence-electron chi connectivity index (χ1n) is 11.1. The average molecular weight is 465 g/mol. The van der Waals surface area contributed by atoms with E-state index in [1.54, 1.807) is 55.8 Å². The second-order valence-corrected chi connectivity index (χ2v) is 8.19. The van der Waals surface area contributed by atoms with Gasteiger partial charge in [-0.25, -0.2) is 4.79 Å². The number of aromatic nitrogens is 3. The van der Waals surface area contributed by atoms with Crippen LogP contribution in [0.15, 0.2) is 39.9 Å². The lowest BCUT2D eigenvalue weighted by Crippen LogP contribution is -2.39. The van der Waals surface area contributed by atoms with Crippen LogP contribution in [-0.4, -0.2) is 25.5 Å². The van der Waals surface area contributed by atoms with Crippen molar-refractivity contribution in [1.29, 1.82) is 5.26 Å². The molecule has 2 heterocycles. The van der Waals surface area contributed by atoms with Gasteiger partial charge in [-0.3, -0.25) is 23.5 Å². The van der Waals surface area contributed by atoms with Crippen LogP contribution in [0.5, 0.6) is 0 Å². The standard InChI is InChI=1S/C24H28N6O4/c1-5-29-19-9-7-16(13-18(19)23(33)30(6-2)24(29)34)26-21(31)11-15(3)12-22(32)27-20-10-8-17(14-25)28(20)4/h7-10,13,15H,5-6,11-12H2,1-4H3,(H,26,31)(H,27,32). The lowest BCUT2D eigenvalue weighted by atomic mass is 10.0. The minimum Gasteiger partial charge on any atom is -0.326 e. The van der Waals surface area contributed by atoms with Crippen molar-refractivity contribution in [3.05, 3.63) is 56.9 Å². The zero-order valence-corrected chi connectivity index (χ0v) is 19.7. The molecular weight excluding hydrogens is 436 g/mol. The number of fused-ring (bicyclic) bond motifs is 1. The van der Waals surface area contributed by atoms with Gasteiger partial charge in [-0.2, -0.15) is 5.26 Å². The molecule has 0 bridgehead atoms. The van der Waals surface area contributed by atoms with Crippen molar-refractivity contribution in [2.45, 2.75) is 46.7 Å². The molecule has 0 spiro atoms. The Kier molecular flexibility index (Phi) is 7.36. The molecule has 10 heteroatoms. The number of carbonyl (C=O) groups is 2. The van der Waals surface area contributed by atoms with E-state index in [1.165, 1.54) is 9.13 Å². The van der Waals surface area contributed by atoms with Gasteiger partial charge in [-0.1, -0.05) is 6.92 Å². The molecule has 1 unspecified atom stereocenters. The quantitative estimate of drug-likeness (QED) is 0.529. The molecule has 34 heavy (non-hydrogen) atoms. The van der Waals surface area contributed by atoms with Gasteiger partial charge < -0.3 is 15.2 Å². The lowest BCUT2D eigenvalue weighted by molar-refractivity contribution is -0.118. The third-order valence-electron chi connectivity index (χ3n) is 5.71. The number of nitrogens with one attached hydrogen (secondary N) is 2. The third-order valence-corrected chi connectivity index (χ3v) is 5.71. The van der Waals surface area contributed by atoms with Crippen molar-refractivity contribution in [2.24, 2.45) is 13.0 Å². The van der Waals surface area contributed by atoms with Crippen LogP contribution in [0.3, 0.4) is 0 Å². The van der Waals surface area contributed by atoms with Crippen molar-refractivity contribution in [3.8, 4) is 6.07 Å². The summed E-state index contributed by atoms with van der Waals surface area (Å²) in [5.74, 6) is -0.268. The molecule has 178 valence electrons. The third kappa shape index (κ3) is 4.93. The Hall–Kier alpha value is -4.13. The van der Waals surface area contributed by atoms with Gasteiger partial charge in [-0.05, 0) is 50.1 Å². The van der Waals surface area contributed by atoms with Crippen LogP contribution in [0.4, 0.5) is 11.5 Å². The Morgan fingerprint density at radius 1 is 1.00 bits per heavy atom. The van der Waals surface area contributed by atoms with Crippen molar-refractivity contribution in [2.75, 3.05) is 10.6 Å². The first kappa shape index (κ1) is 24.5. The fourth-order valence-corrected chi connectivity index (χ4v) is 3.95. The predicted molar refractivity (Wildman–Crippen MR) is 130 cm³/mol. The van der Waals surface area contributed by atoms with Crippen LogP contribution in [0.2, 0.25) is 0 Å². The summed E-state index contributed by atoms with van der Waals surface area (Å²) in [7, 11) is 1.68. The molecule has 1 atom stereocenters. The number of anilines is 2. The van der Waals surface area contributed by atoms with E-state index < -0.39 is 5.56 Å².